The summed E-state index contributed by atoms with van der Waals surface area (Å²) < 4.78 is 2.04. The summed E-state index contributed by atoms with van der Waals surface area (Å²) in [6.45, 7) is 6.12. The van der Waals surface area contributed by atoms with E-state index in [0.717, 1.165) is 22.9 Å². The van der Waals surface area contributed by atoms with Crippen LogP contribution in [0.3, 0.4) is 0 Å². The van der Waals surface area contributed by atoms with E-state index in [4.69, 9.17) is 0 Å². The molecule has 1 aromatic carbocycles. The highest BCUT2D eigenvalue weighted by Crippen LogP contribution is 2.24. The molecule has 90 valence electrons. The van der Waals surface area contributed by atoms with Gasteiger partial charge in [-0.25, -0.2) is 0 Å². The Balaban J connectivity index is 2.60. The molecule has 0 radical (unpaired) electrons. The number of benzene rings is 1. The number of ketones is 1. The van der Waals surface area contributed by atoms with Crippen molar-refractivity contribution in [2.45, 2.75) is 27.2 Å². The van der Waals surface area contributed by atoms with Crippen LogP contribution in [0.5, 0.6) is 0 Å². The molecule has 0 fully saturated rings. The van der Waals surface area contributed by atoms with Crippen molar-refractivity contribution in [3.05, 3.63) is 35.5 Å². The molecule has 2 nitrogen and oxygen atoms in total. The van der Waals surface area contributed by atoms with Gasteiger partial charge in [-0.1, -0.05) is 26.0 Å². The van der Waals surface area contributed by atoms with Crippen molar-refractivity contribution in [1.82, 2.24) is 4.57 Å². The van der Waals surface area contributed by atoms with Crippen molar-refractivity contribution in [3.63, 3.8) is 0 Å². The summed E-state index contributed by atoms with van der Waals surface area (Å²) in [6, 6.07) is 6.25. The third-order valence-electron chi connectivity index (χ3n) is 3.47. The Hall–Kier alpha value is -1.57. The van der Waals surface area contributed by atoms with E-state index in [-0.39, 0.29) is 11.7 Å². The van der Waals surface area contributed by atoms with E-state index in [2.05, 4.69) is 32.0 Å². The maximum Gasteiger partial charge on any atom is 0.167 e. The Kier molecular flexibility index (Phi) is 3.05. The van der Waals surface area contributed by atoms with Crippen molar-refractivity contribution in [3.8, 4) is 0 Å². The summed E-state index contributed by atoms with van der Waals surface area (Å²) in [4.78, 5) is 12.3. The van der Waals surface area contributed by atoms with Gasteiger partial charge in [0.1, 0.15) is 0 Å². The molecule has 1 aromatic heterocycles. The smallest absolute Gasteiger partial charge is 0.167 e. The number of hydrogen-bond donors (Lipinski definition) is 0. The minimum absolute atomic E-state index is 0.0990. The predicted molar refractivity (Wildman–Crippen MR) is 71.4 cm³/mol. The van der Waals surface area contributed by atoms with Gasteiger partial charge in [-0.3, -0.25) is 4.79 Å². The Morgan fingerprint density at radius 3 is 2.76 bits per heavy atom. The maximum absolute atomic E-state index is 12.3. The Bertz CT molecular complexity index is 566. The Labute approximate surface area is 102 Å². The van der Waals surface area contributed by atoms with E-state index in [1.165, 1.54) is 5.56 Å². The fraction of sp³-hybridized carbons (Fsp3) is 0.400. The van der Waals surface area contributed by atoms with Crippen LogP contribution in [0.15, 0.2) is 24.4 Å². The van der Waals surface area contributed by atoms with Gasteiger partial charge in [-0.05, 0) is 25.0 Å². The molecule has 2 rings (SSSR count). The minimum atomic E-state index is 0.0990. The SMILES string of the molecule is CCC(C)C(=O)c1cn(C)c2cc(C)ccc12. The van der Waals surface area contributed by atoms with Gasteiger partial charge < -0.3 is 4.57 Å². The second kappa shape index (κ2) is 4.36. The zero-order valence-electron chi connectivity index (χ0n) is 10.9. The van der Waals surface area contributed by atoms with Crippen LogP contribution in [0, 0.1) is 12.8 Å². The molecular formula is C15H19NO. The lowest BCUT2D eigenvalue weighted by atomic mass is 9.96. The average Bonchev–Trinajstić information content (AvgIpc) is 2.64. The predicted octanol–water partition coefficient (Wildman–Crippen LogP) is 3.72. The van der Waals surface area contributed by atoms with Gasteiger partial charge >= 0.3 is 0 Å². The standard InChI is InChI=1S/C15H19NO/c1-5-11(3)15(17)13-9-16(4)14-8-10(2)6-7-12(13)14/h6-9,11H,5H2,1-4H3. The molecule has 0 aliphatic rings. The lowest BCUT2D eigenvalue weighted by Gasteiger charge is -2.05. The number of aryl methyl sites for hydroxylation is 2. The summed E-state index contributed by atoms with van der Waals surface area (Å²) in [7, 11) is 2.00. The van der Waals surface area contributed by atoms with E-state index in [1.807, 2.05) is 24.7 Å². The van der Waals surface area contributed by atoms with Gasteiger partial charge in [-0.15, -0.1) is 0 Å². The number of fused-ring (bicyclic) bond motifs is 1. The van der Waals surface area contributed by atoms with Crippen LogP contribution in [-0.2, 0) is 7.05 Å². The second-order valence-corrected chi connectivity index (χ2v) is 4.85. The van der Waals surface area contributed by atoms with Crippen molar-refractivity contribution >= 4 is 16.7 Å². The first-order chi connectivity index (χ1) is 8.04. The number of rotatable bonds is 3. The van der Waals surface area contributed by atoms with Crippen molar-refractivity contribution < 1.29 is 4.79 Å². The fourth-order valence-corrected chi connectivity index (χ4v) is 2.14. The largest absolute Gasteiger partial charge is 0.350 e. The molecule has 0 N–H and O–H groups in total. The highest BCUT2D eigenvalue weighted by molar-refractivity contribution is 6.09. The topological polar surface area (TPSA) is 22.0 Å². The molecule has 0 bridgehead atoms. The quantitative estimate of drug-likeness (QED) is 0.735. The second-order valence-electron chi connectivity index (χ2n) is 4.85. The average molecular weight is 229 g/mol. The molecule has 0 aliphatic heterocycles. The van der Waals surface area contributed by atoms with E-state index < -0.39 is 0 Å². The first kappa shape index (κ1) is 11.9. The van der Waals surface area contributed by atoms with Crippen LogP contribution < -0.4 is 0 Å². The summed E-state index contributed by atoms with van der Waals surface area (Å²) in [5.74, 6) is 0.351. The first-order valence-corrected chi connectivity index (χ1v) is 6.14. The summed E-state index contributed by atoms with van der Waals surface area (Å²) in [6.07, 6.45) is 2.85. The molecule has 1 atom stereocenters. The fourth-order valence-electron chi connectivity index (χ4n) is 2.14. The van der Waals surface area contributed by atoms with Gasteiger partial charge in [0.15, 0.2) is 5.78 Å². The first-order valence-electron chi connectivity index (χ1n) is 6.14. The van der Waals surface area contributed by atoms with Crippen molar-refractivity contribution in [1.29, 1.82) is 0 Å². The number of aromatic nitrogens is 1. The molecule has 2 heteroatoms. The number of Topliss-reactive ketones (excluding diaryl/α,β-unsaturated/α-hetero) is 1. The number of carbonyl (C=O) groups excluding carboxylic acids is 1. The molecule has 1 unspecified atom stereocenters. The van der Waals surface area contributed by atoms with Gasteiger partial charge in [-0.2, -0.15) is 0 Å². The van der Waals surface area contributed by atoms with Gasteiger partial charge in [0.2, 0.25) is 0 Å². The molecule has 0 aliphatic carbocycles. The molecule has 0 saturated heterocycles. The lowest BCUT2D eigenvalue weighted by molar-refractivity contribution is 0.0929. The third kappa shape index (κ3) is 1.99. The summed E-state index contributed by atoms with van der Waals surface area (Å²) >= 11 is 0. The maximum atomic E-state index is 12.3. The number of carbonyl (C=O) groups is 1. The zero-order valence-corrected chi connectivity index (χ0v) is 10.9. The Morgan fingerprint density at radius 2 is 2.12 bits per heavy atom. The molecule has 2 aromatic rings. The van der Waals surface area contributed by atoms with Crippen molar-refractivity contribution in [2.24, 2.45) is 13.0 Å². The van der Waals surface area contributed by atoms with E-state index in [0.29, 0.717) is 0 Å². The molecule has 0 saturated carbocycles. The monoisotopic (exact) mass is 229 g/mol. The summed E-state index contributed by atoms with van der Waals surface area (Å²) in [5.41, 5.74) is 3.22. The van der Waals surface area contributed by atoms with Crippen LogP contribution in [0.2, 0.25) is 0 Å². The van der Waals surface area contributed by atoms with E-state index in [9.17, 15) is 4.79 Å². The molecule has 0 spiro atoms. The molecule has 0 amide bonds. The minimum Gasteiger partial charge on any atom is -0.350 e. The normalized spacial score (nSPS) is 12.9. The van der Waals surface area contributed by atoms with E-state index >= 15 is 0 Å². The van der Waals surface area contributed by atoms with Crippen LogP contribution in [0.25, 0.3) is 10.9 Å². The highest BCUT2D eigenvalue weighted by Gasteiger charge is 2.18. The number of hydrogen-bond acceptors (Lipinski definition) is 1. The summed E-state index contributed by atoms with van der Waals surface area (Å²) in [5, 5.41) is 1.07. The van der Waals surface area contributed by atoms with Gasteiger partial charge in [0.05, 0.1) is 0 Å². The van der Waals surface area contributed by atoms with E-state index in [1.54, 1.807) is 0 Å². The lowest BCUT2D eigenvalue weighted by Crippen LogP contribution is -2.09. The molecular weight excluding hydrogens is 210 g/mol. The zero-order chi connectivity index (χ0) is 12.6. The van der Waals surface area contributed by atoms with Gasteiger partial charge in [0, 0.05) is 35.6 Å². The molecule has 17 heavy (non-hydrogen) atoms. The third-order valence-corrected chi connectivity index (χ3v) is 3.47. The van der Waals surface area contributed by atoms with Crippen LogP contribution >= 0.6 is 0 Å². The number of nitrogens with zero attached hydrogens (tertiary/aromatic N) is 1. The van der Waals surface area contributed by atoms with Crippen LogP contribution in [-0.4, -0.2) is 10.4 Å². The van der Waals surface area contributed by atoms with Crippen LogP contribution in [0.4, 0.5) is 0 Å². The Morgan fingerprint density at radius 1 is 1.41 bits per heavy atom. The van der Waals surface area contributed by atoms with Crippen molar-refractivity contribution in [2.75, 3.05) is 0 Å². The molecule has 1 heterocycles. The van der Waals surface area contributed by atoms with Crippen LogP contribution in [0.1, 0.15) is 36.2 Å². The van der Waals surface area contributed by atoms with Gasteiger partial charge in [0.25, 0.3) is 0 Å². The highest BCUT2D eigenvalue weighted by atomic mass is 16.1.